The lowest BCUT2D eigenvalue weighted by molar-refractivity contribution is -0.144. The van der Waals surface area contributed by atoms with Crippen LogP contribution in [0.5, 0.6) is 0 Å². The molecule has 1 fully saturated rings. The summed E-state index contributed by atoms with van der Waals surface area (Å²) in [5.74, 6) is -0.847. The zero-order chi connectivity index (χ0) is 35.1. The molecular formula is C30H34F6N6O4S2. The lowest BCUT2D eigenvalue weighted by atomic mass is 9.97. The van der Waals surface area contributed by atoms with Crippen LogP contribution in [0.15, 0.2) is 30.6 Å². The van der Waals surface area contributed by atoms with Gasteiger partial charge in [-0.2, -0.15) is 26.3 Å². The van der Waals surface area contributed by atoms with Crippen LogP contribution in [0, 0.1) is 5.92 Å². The molecule has 2 aromatic heterocycles. The summed E-state index contributed by atoms with van der Waals surface area (Å²) in [7, 11) is 1.51. The van der Waals surface area contributed by atoms with Crippen molar-refractivity contribution in [3.63, 3.8) is 0 Å². The molecule has 0 spiro atoms. The smallest absolute Gasteiger partial charge is 0.416 e. The molecule has 0 radical (unpaired) electrons. The number of anilines is 2. The van der Waals surface area contributed by atoms with E-state index in [1.807, 2.05) is 16.1 Å². The number of carbonyl (C=O) groups excluding carboxylic acids is 1. The molecule has 18 heteroatoms. The molecule has 10 nitrogen and oxygen atoms in total. The van der Waals surface area contributed by atoms with Gasteiger partial charge in [0.2, 0.25) is 0 Å². The third-order valence-electron chi connectivity index (χ3n) is 7.45. The highest BCUT2D eigenvalue weighted by molar-refractivity contribution is 7.96. The predicted molar refractivity (Wildman–Crippen MR) is 170 cm³/mol. The number of aromatic nitrogens is 3. The molecule has 1 saturated heterocycles. The van der Waals surface area contributed by atoms with Crippen molar-refractivity contribution < 1.29 is 45.8 Å². The molecular weight excluding hydrogens is 686 g/mol. The molecule has 1 amide bonds. The van der Waals surface area contributed by atoms with E-state index in [9.17, 15) is 41.0 Å². The summed E-state index contributed by atoms with van der Waals surface area (Å²) in [5.41, 5.74) is -3.59. The number of alkyl halides is 6. The highest BCUT2D eigenvalue weighted by Gasteiger charge is 2.37. The van der Waals surface area contributed by atoms with E-state index < -0.39 is 46.8 Å². The molecule has 262 valence electrons. The summed E-state index contributed by atoms with van der Waals surface area (Å²) in [5, 5.41) is 11.7. The van der Waals surface area contributed by atoms with E-state index in [1.165, 1.54) is 31.5 Å². The standard InChI is InChI=1S/C30H34F6N6O4S2/c1-3-4-11-47-42(9-10-46-2)17-23-25(19-12-20(29(31,32)33)14-21(13-19)30(34,35)36)39-28(48-23)40-26(43)22-15-38-24(16-37-22)41-7-5-18(6-8-41)27(44)45/h12-16,18H,3-11,17H2,1-2H3,(H,44,45)(H,39,40,43). The molecule has 1 aromatic carbocycles. The Morgan fingerprint density at radius 1 is 1.08 bits per heavy atom. The number of nitrogens with zero attached hydrogens (tertiary/aromatic N) is 5. The van der Waals surface area contributed by atoms with Crippen molar-refractivity contribution in [1.82, 2.24) is 19.3 Å². The molecule has 48 heavy (non-hydrogen) atoms. The topological polar surface area (TPSA) is 121 Å². The van der Waals surface area contributed by atoms with Crippen LogP contribution in [0.3, 0.4) is 0 Å². The van der Waals surface area contributed by atoms with Crippen LogP contribution in [0.1, 0.15) is 59.1 Å². The van der Waals surface area contributed by atoms with Crippen LogP contribution < -0.4 is 10.2 Å². The minimum atomic E-state index is -5.05. The number of carboxylic acid groups (broad SMARTS) is 1. The van der Waals surface area contributed by atoms with Gasteiger partial charge in [0.25, 0.3) is 5.91 Å². The molecule has 0 bridgehead atoms. The predicted octanol–water partition coefficient (Wildman–Crippen LogP) is 7.09. The molecule has 0 aliphatic carbocycles. The minimum absolute atomic E-state index is 0.0529. The van der Waals surface area contributed by atoms with Crippen LogP contribution in [0.25, 0.3) is 11.3 Å². The zero-order valence-corrected chi connectivity index (χ0v) is 27.7. The van der Waals surface area contributed by atoms with Crippen molar-refractivity contribution in [1.29, 1.82) is 0 Å². The number of ether oxygens (including phenoxy) is 1. The number of carboxylic acids is 1. The Hall–Kier alpha value is -3.48. The quantitative estimate of drug-likeness (QED) is 0.102. The van der Waals surface area contributed by atoms with Gasteiger partial charge in [-0.15, -0.1) is 0 Å². The molecule has 0 unspecified atom stereocenters. The second kappa shape index (κ2) is 16.3. The van der Waals surface area contributed by atoms with Gasteiger partial charge >= 0.3 is 18.3 Å². The van der Waals surface area contributed by atoms with E-state index >= 15 is 0 Å². The summed E-state index contributed by atoms with van der Waals surface area (Å²) in [6, 6.07) is 1.29. The Kier molecular flexibility index (Phi) is 12.7. The second-order valence-corrected chi connectivity index (χ2v) is 13.2. The number of nitrogens with one attached hydrogen (secondary N) is 1. The van der Waals surface area contributed by atoms with Gasteiger partial charge in [-0.05, 0) is 37.5 Å². The first-order chi connectivity index (χ1) is 22.7. The van der Waals surface area contributed by atoms with Crippen molar-refractivity contribution in [3.8, 4) is 11.3 Å². The van der Waals surface area contributed by atoms with Crippen molar-refractivity contribution in [2.75, 3.05) is 49.3 Å². The fraction of sp³-hybridized carbons (Fsp3) is 0.500. The highest BCUT2D eigenvalue weighted by Crippen LogP contribution is 2.41. The van der Waals surface area contributed by atoms with Gasteiger partial charge < -0.3 is 14.7 Å². The van der Waals surface area contributed by atoms with Crippen molar-refractivity contribution in [2.24, 2.45) is 5.92 Å². The SMILES string of the molecule is CCCCSN(CCOC)Cc1sc(NC(=O)c2cnc(N3CCC(C(=O)O)CC3)cn2)nc1-c1cc(C(F)(F)F)cc(C(F)(F)F)c1. The minimum Gasteiger partial charge on any atom is -0.481 e. The third kappa shape index (κ3) is 10.0. The number of rotatable bonds is 14. The number of methoxy groups -OCH3 is 1. The van der Waals surface area contributed by atoms with Crippen LogP contribution >= 0.6 is 23.3 Å². The van der Waals surface area contributed by atoms with E-state index in [1.54, 1.807) is 0 Å². The first-order valence-corrected chi connectivity index (χ1v) is 16.7. The van der Waals surface area contributed by atoms with Gasteiger partial charge in [0.1, 0.15) is 11.5 Å². The number of unbranched alkanes of at least 4 members (excludes halogenated alkanes) is 1. The number of hydrogen-bond acceptors (Lipinski definition) is 10. The van der Waals surface area contributed by atoms with E-state index in [0.29, 0.717) is 61.9 Å². The number of halogens is 6. The second-order valence-electron chi connectivity index (χ2n) is 10.9. The number of piperidine rings is 1. The molecule has 3 aromatic rings. The molecule has 1 aliphatic heterocycles. The number of amides is 1. The normalized spacial score (nSPS) is 14.5. The van der Waals surface area contributed by atoms with Crippen LogP contribution in [0.2, 0.25) is 0 Å². The number of hydrogen-bond donors (Lipinski definition) is 2. The first kappa shape index (κ1) is 37.3. The van der Waals surface area contributed by atoms with Crippen molar-refractivity contribution in [3.05, 3.63) is 52.3 Å². The fourth-order valence-corrected chi connectivity index (χ4v) is 7.00. The summed E-state index contributed by atoms with van der Waals surface area (Å²) in [4.78, 5) is 39.3. The Balaban J connectivity index is 1.64. The Morgan fingerprint density at radius 3 is 2.29 bits per heavy atom. The average molecular weight is 721 g/mol. The summed E-state index contributed by atoms with van der Waals surface area (Å²) in [6.45, 7) is 3.76. The lowest BCUT2D eigenvalue weighted by Gasteiger charge is -2.30. The maximum Gasteiger partial charge on any atom is 0.416 e. The van der Waals surface area contributed by atoms with Crippen LogP contribution in [-0.2, 0) is 28.4 Å². The third-order valence-corrected chi connectivity index (χ3v) is 9.56. The van der Waals surface area contributed by atoms with Gasteiger partial charge in [0.05, 0.1) is 41.7 Å². The van der Waals surface area contributed by atoms with E-state index in [2.05, 4.69) is 20.3 Å². The number of thiazole rings is 1. The van der Waals surface area contributed by atoms with Crippen LogP contribution in [-0.4, -0.2) is 75.3 Å². The summed E-state index contributed by atoms with van der Waals surface area (Å²) in [6.07, 6.45) is -4.84. The van der Waals surface area contributed by atoms with Gasteiger partial charge in [-0.1, -0.05) is 36.6 Å². The lowest BCUT2D eigenvalue weighted by Crippen LogP contribution is -2.36. The molecule has 4 rings (SSSR count). The van der Waals surface area contributed by atoms with Crippen molar-refractivity contribution in [2.45, 2.75) is 51.5 Å². The highest BCUT2D eigenvalue weighted by atomic mass is 32.2. The van der Waals surface area contributed by atoms with Gasteiger partial charge in [-0.25, -0.2) is 19.3 Å². The maximum absolute atomic E-state index is 13.7. The van der Waals surface area contributed by atoms with Gasteiger partial charge in [0, 0.05) is 49.5 Å². The molecule has 3 heterocycles. The summed E-state index contributed by atoms with van der Waals surface area (Å²) >= 11 is 2.40. The zero-order valence-electron chi connectivity index (χ0n) is 26.0. The molecule has 2 N–H and O–H groups in total. The summed E-state index contributed by atoms with van der Waals surface area (Å²) < 4.78 is 89.5. The first-order valence-electron chi connectivity index (χ1n) is 15.0. The Bertz CT molecular complexity index is 1510. The van der Waals surface area contributed by atoms with Gasteiger partial charge in [-0.3, -0.25) is 14.9 Å². The fourth-order valence-electron chi connectivity index (χ4n) is 4.83. The Labute approximate surface area is 281 Å². The van der Waals surface area contributed by atoms with E-state index in [4.69, 9.17) is 4.74 Å². The molecule has 0 atom stereocenters. The number of aliphatic carboxylic acids is 1. The number of carbonyl (C=O) groups is 2. The molecule has 1 aliphatic rings. The maximum atomic E-state index is 13.7. The molecule has 0 saturated carbocycles. The Morgan fingerprint density at radius 2 is 1.75 bits per heavy atom. The monoisotopic (exact) mass is 720 g/mol. The average Bonchev–Trinajstić information content (AvgIpc) is 3.44. The van der Waals surface area contributed by atoms with Gasteiger partial charge in [0.15, 0.2) is 5.13 Å². The van der Waals surface area contributed by atoms with E-state index in [-0.39, 0.29) is 29.1 Å². The van der Waals surface area contributed by atoms with Crippen molar-refractivity contribution >= 4 is 46.1 Å². The number of benzene rings is 1. The van der Waals surface area contributed by atoms with Crippen LogP contribution in [0.4, 0.5) is 37.3 Å². The largest absolute Gasteiger partial charge is 0.481 e. The van der Waals surface area contributed by atoms with E-state index in [0.717, 1.165) is 29.9 Å².